The zero-order valence-corrected chi connectivity index (χ0v) is 15.2. The highest BCUT2D eigenvalue weighted by atomic mass is 32.1. The molecule has 2 fully saturated rings. The van der Waals surface area contributed by atoms with Crippen molar-refractivity contribution in [3.63, 3.8) is 0 Å². The number of ether oxygens (including phenoxy) is 1. The van der Waals surface area contributed by atoms with E-state index < -0.39 is 0 Å². The highest BCUT2D eigenvalue weighted by molar-refractivity contribution is 7.13. The minimum Gasteiger partial charge on any atom is -0.368 e. The topological polar surface area (TPSA) is 58.6 Å². The number of thiophene rings is 1. The summed E-state index contributed by atoms with van der Waals surface area (Å²) in [7, 11) is 0. The van der Waals surface area contributed by atoms with Gasteiger partial charge in [-0.15, -0.1) is 11.3 Å². The normalized spacial score (nSPS) is 20.9. The fraction of sp³-hybridized carbons (Fsp3) is 0.500. The lowest BCUT2D eigenvalue weighted by Gasteiger charge is -2.32. The molecule has 0 unspecified atom stereocenters. The van der Waals surface area contributed by atoms with Gasteiger partial charge in [0.2, 0.25) is 5.95 Å². The molecule has 0 aliphatic carbocycles. The van der Waals surface area contributed by atoms with Crippen LogP contribution in [0, 0.1) is 6.92 Å². The van der Waals surface area contributed by atoms with Gasteiger partial charge in [0, 0.05) is 30.7 Å². The second kappa shape index (κ2) is 7.09. The molecule has 132 valence electrons. The van der Waals surface area contributed by atoms with Crippen molar-refractivity contribution in [3.8, 4) is 0 Å². The fourth-order valence-corrected chi connectivity index (χ4v) is 4.16. The van der Waals surface area contributed by atoms with E-state index in [9.17, 15) is 4.79 Å². The Morgan fingerprint density at radius 3 is 2.84 bits per heavy atom. The van der Waals surface area contributed by atoms with Gasteiger partial charge in [-0.3, -0.25) is 4.79 Å². The number of carbonyl (C=O) groups excluding carboxylic acids is 1. The number of amides is 1. The third-order valence-electron chi connectivity index (χ3n) is 4.69. The lowest BCUT2D eigenvalue weighted by Crippen LogP contribution is -2.42. The Hall–Kier alpha value is -1.99. The van der Waals surface area contributed by atoms with Gasteiger partial charge < -0.3 is 14.5 Å². The second-order valence-electron chi connectivity index (χ2n) is 6.50. The van der Waals surface area contributed by atoms with Gasteiger partial charge in [-0.05, 0) is 38.0 Å². The van der Waals surface area contributed by atoms with Crippen LogP contribution in [-0.4, -0.2) is 53.6 Å². The molecule has 6 nitrogen and oxygen atoms in total. The largest absolute Gasteiger partial charge is 0.368 e. The summed E-state index contributed by atoms with van der Waals surface area (Å²) in [6.07, 6.45) is 3.98. The fourth-order valence-electron chi connectivity index (χ4n) is 3.33. The molecule has 2 aliphatic rings. The summed E-state index contributed by atoms with van der Waals surface area (Å²) in [5.74, 6) is 0.858. The standard InChI is InChI=1S/C18H22N4O2S/c1-13-4-5-16(25-13)17(23)22-10-11-24-15(12-22)14-6-7-19-18(20-14)21-8-2-3-9-21/h4-7,15H,2-3,8-12H2,1H3/t15-/m1/s1. The van der Waals surface area contributed by atoms with Gasteiger partial charge in [0.05, 0.1) is 23.7 Å². The Bertz CT molecular complexity index is 757. The van der Waals surface area contributed by atoms with Crippen LogP contribution in [0.1, 0.15) is 39.2 Å². The SMILES string of the molecule is Cc1ccc(C(=O)N2CCO[C@@H](c3ccnc(N4CCCC4)n3)C2)s1. The molecule has 1 amide bonds. The molecule has 4 rings (SSSR count). The molecule has 0 bridgehead atoms. The molecule has 7 heteroatoms. The lowest BCUT2D eigenvalue weighted by molar-refractivity contribution is -0.0245. The first kappa shape index (κ1) is 16.5. The molecular weight excluding hydrogens is 336 g/mol. The molecule has 2 aliphatic heterocycles. The van der Waals surface area contributed by atoms with Crippen LogP contribution in [0.2, 0.25) is 0 Å². The van der Waals surface area contributed by atoms with E-state index in [2.05, 4.69) is 9.88 Å². The third kappa shape index (κ3) is 3.52. The van der Waals surface area contributed by atoms with Crippen LogP contribution in [0.15, 0.2) is 24.4 Å². The zero-order chi connectivity index (χ0) is 17.2. The maximum absolute atomic E-state index is 12.7. The van der Waals surface area contributed by atoms with E-state index in [1.54, 1.807) is 17.5 Å². The van der Waals surface area contributed by atoms with Crippen LogP contribution in [0.4, 0.5) is 5.95 Å². The van der Waals surface area contributed by atoms with Gasteiger partial charge in [-0.25, -0.2) is 9.97 Å². The highest BCUT2D eigenvalue weighted by Gasteiger charge is 2.28. The van der Waals surface area contributed by atoms with Gasteiger partial charge >= 0.3 is 0 Å². The van der Waals surface area contributed by atoms with Crippen molar-refractivity contribution in [2.24, 2.45) is 0 Å². The van der Waals surface area contributed by atoms with Crippen molar-refractivity contribution in [2.75, 3.05) is 37.7 Å². The number of carbonyl (C=O) groups is 1. The van der Waals surface area contributed by atoms with E-state index in [4.69, 9.17) is 9.72 Å². The molecule has 0 N–H and O–H groups in total. The Morgan fingerprint density at radius 1 is 1.24 bits per heavy atom. The number of hydrogen-bond donors (Lipinski definition) is 0. The average molecular weight is 358 g/mol. The van der Waals surface area contributed by atoms with Crippen molar-refractivity contribution >= 4 is 23.2 Å². The van der Waals surface area contributed by atoms with Crippen molar-refractivity contribution in [1.82, 2.24) is 14.9 Å². The van der Waals surface area contributed by atoms with E-state index in [-0.39, 0.29) is 12.0 Å². The Morgan fingerprint density at radius 2 is 2.08 bits per heavy atom. The van der Waals surface area contributed by atoms with Gasteiger partial charge in [-0.2, -0.15) is 0 Å². The molecule has 2 aromatic heterocycles. The summed E-state index contributed by atoms with van der Waals surface area (Å²) in [5, 5.41) is 0. The van der Waals surface area contributed by atoms with Gasteiger partial charge in [0.25, 0.3) is 5.91 Å². The first-order valence-electron chi connectivity index (χ1n) is 8.76. The number of aromatic nitrogens is 2. The molecule has 1 atom stereocenters. The summed E-state index contributed by atoms with van der Waals surface area (Å²) >= 11 is 1.54. The smallest absolute Gasteiger partial charge is 0.264 e. The van der Waals surface area contributed by atoms with Crippen molar-refractivity contribution < 1.29 is 9.53 Å². The van der Waals surface area contributed by atoms with Crippen LogP contribution in [-0.2, 0) is 4.74 Å². The molecule has 4 heterocycles. The molecule has 0 saturated carbocycles. The first-order valence-corrected chi connectivity index (χ1v) is 9.57. The number of hydrogen-bond acceptors (Lipinski definition) is 6. The Balaban J connectivity index is 1.49. The molecule has 0 radical (unpaired) electrons. The maximum Gasteiger partial charge on any atom is 0.264 e. The third-order valence-corrected chi connectivity index (χ3v) is 5.68. The number of rotatable bonds is 3. The highest BCUT2D eigenvalue weighted by Crippen LogP contribution is 2.25. The van der Waals surface area contributed by atoms with Gasteiger partial charge in [0.1, 0.15) is 6.10 Å². The van der Waals surface area contributed by atoms with E-state index in [1.165, 1.54) is 12.8 Å². The summed E-state index contributed by atoms with van der Waals surface area (Å²) in [6.45, 7) is 5.73. The number of anilines is 1. The van der Waals surface area contributed by atoms with E-state index in [1.807, 2.05) is 30.0 Å². The van der Waals surface area contributed by atoms with Gasteiger partial charge in [-0.1, -0.05) is 0 Å². The summed E-state index contributed by atoms with van der Waals surface area (Å²) in [4.78, 5) is 27.8. The van der Waals surface area contributed by atoms with E-state index >= 15 is 0 Å². The lowest BCUT2D eigenvalue weighted by atomic mass is 10.2. The Kier molecular flexibility index (Phi) is 4.67. The van der Waals surface area contributed by atoms with Crippen LogP contribution in [0.3, 0.4) is 0 Å². The molecule has 25 heavy (non-hydrogen) atoms. The maximum atomic E-state index is 12.7. The van der Waals surface area contributed by atoms with Crippen molar-refractivity contribution in [3.05, 3.63) is 39.8 Å². The van der Waals surface area contributed by atoms with Crippen LogP contribution in [0.25, 0.3) is 0 Å². The molecule has 0 spiro atoms. The number of aryl methyl sites for hydroxylation is 1. The van der Waals surface area contributed by atoms with Crippen LogP contribution in [0.5, 0.6) is 0 Å². The zero-order valence-electron chi connectivity index (χ0n) is 14.4. The van der Waals surface area contributed by atoms with E-state index in [0.717, 1.165) is 34.5 Å². The predicted molar refractivity (Wildman–Crippen MR) is 97.1 cm³/mol. The first-order chi connectivity index (χ1) is 12.2. The van der Waals surface area contributed by atoms with Gasteiger partial charge in [0.15, 0.2) is 0 Å². The quantitative estimate of drug-likeness (QED) is 0.844. The van der Waals surface area contributed by atoms with Crippen LogP contribution >= 0.6 is 11.3 Å². The minimum absolute atomic E-state index is 0.0835. The summed E-state index contributed by atoms with van der Waals surface area (Å²) in [5.41, 5.74) is 0.858. The Labute approximate surface area is 151 Å². The van der Waals surface area contributed by atoms with Crippen LogP contribution < -0.4 is 4.90 Å². The number of morpholine rings is 1. The summed E-state index contributed by atoms with van der Waals surface area (Å²) < 4.78 is 5.90. The average Bonchev–Trinajstić information content (AvgIpc) is 3.33. The monoisotopic (exact) mass is 358 g/mol. The minimum atomic E-state index is -0.192. The number of nitrogens with zero attached hydrogens (tertiary/aromatic N) is 4. The molecular formula is C18H22N4O2S. The molecule has 2 aromatic rings. The van der Waals surface area contributed by atoms with Crippen molar-refractivity contribution in [2.45, 2.75) is 25.9 Å². The summed E-state index contributed by atoms with van der Waals surface area (Å²) in [6, 6.07) is 5.79. The molecule has 0 aromatic carbocycles. The van der Waals surface area contributed by atoms with Crippen molar-refractivity contribution in [1.29, 1.82) is 0 Å². The predicted octanol–water partition coefficient (Wildman–Crippen LogP) is 2.66. The van der Waals surface area contributed by atoms with E-state index in [0.29, 0.717) is 19.7 Å². The molecule has 2 saturated heterocycles. The second-order valence-corrected chi connectivity index (χ2v) is 7.78.